The van der Waals surface area contributed by atoms with Crippen LogP contribution < -0.4 is 10.6 Å². The van der Waals surface area contributed by atoms with Crippen molar-refractivity contribution in [3.63, 3.8) is 0 Å². The van der Waals surface area contributed by atoms with Gasteiger partial charge in [-0.15, -0.1) is 21.5 Å². The summed E-state index contributed by atoms with van der Waals surface area (Å²) in [7, 11) is 0. The minimum atomic E-state index is -0.196. The fraction of sp³-hybridized carbons (Fsp3) is 0.300. The monoisotopic (exact) mass is 396 g/mol. The number of thiophene rings is 1. The second-order valence-corrected chi connectivity index (χ2v) is 7.74. The molecule has 7 nitrogen and oxygen atoms in total. The molecule has 0 atom stereocenters. The number of hydrogen-bond donors (Lipinski definition) is 2. The van der Waals surface area contributed by atoms with Gasteiger partial charge in [-0.3, -0.25) is 9.59 Å². The molecule has 1 aliphatic carbocycles. The summed E-state index contributed by atoms with van der Waals surface area (Å²) >= 11 is 1.33. The quantitative estimate of drug-likeness (QED) is 0.636. The predicted molar refractivity (Wildman–Crippen MR) is 106 cm³/mol. The zero-order valence-electron chi connectivity index (χ0n) is 15.4. The number of aryl methyl sites for hydroxylation is 2. The van der Waals surface area contributed by atoms with Gasteiger partial charge in [0.05, 0.1) is 5.56 Å². The van der Waals surface area contributed by atoms with E-state index in [2.05, 4.69) is 20.8 Å². The van der Waals surface area contributed by atoms with Gasteiger partial charge >= 0.3 is 0 Å². The van der Waals surface area contributed by atoms with Crippen LogP contribution in [-0.2, 0) is 11.2 Å². The zero-order valence-corrected chi connectivity index (χ0v) is 16.2. The number of hydrogen-bond acceptors (Lipinski definition) is 6. The molecule has 0 saturated heterocycles. The molecule has 0 unspecified atom stereocenters. The fourth-order valence-electron chi connectivity index (χ4n) is 2.65. The molecule has 0 radical (unpaired) electrons. The van der Waals surface area contributed by atoms with Gasteiger partial charge in [0.25, 0.3) is 5.91 Å². The Morgan fingerprint density at radius 2 is 1.96 bits per heavy atom. The number of amides is 2. The molecule has 1 aromatic carbocycles. The normalized spacial score (nSPS) is 13.3. The molecule has 1 aliphatic rings. The van der Waals surface area contributed by atoms with Crippen molar-refractivity contribution in [3.05, 3.63) is 52.7 Å². The van der Waals surface area contributed by atoms with Gasteiger partial charge in [-0.05, 0) is 43.3 Å². The highest BCUT2D eigenvalue weighted by Crippen LogP contribution is 2.26. The van der Waals surface area contributed by atoms with Crippen molar-refractivity contribution in [2.24, 2.45) is 0 Å². The van der Waals surface area contributed by atoms with Gasteiger partial charge < -0.3 is 15.1 Å². The topological polar surface area (TPSA) is 97.1 Å². The van der Waals surface area contributed by atoms with Gasteiger partial charge in [0.1, 0.15) is 5.00 Å². The van der Waals surface area contributed by atoms with Crippen molar-refractivity contribution in [3.8, 4) is 11.5 Å². The summed E-state index contributed by atoms with van der Waals surface area (Å²) in [6.07, 6.45) is 2.56. The minimum Gasteiger partial charge on any atom is -0.421 e. The molecule has 4 rings (SSSR count). The largest absolute Gasteiger partial charge is 0.421 e. The van der Waals surface area contributed by atoms with E-state index in [1.165, 1.54) is 11.3 Å². The maximum absolute atomic E-state index is 12.3. The van der Waals surface area contributed by atoms with Crippen molar-refractivity contribution < 1.29 is 14.0 Å². The molecule has 144 valence electrons. The first kappa shape index (κ1) is 18.4. The number of rotatable bonds is 7. The van der Waals surface area contributed by atoms with Gasteiger partial charge in [-0.25, -0.2) is 0 Å². The van der Waals surface area contributed by atoms with Gasteiger partial charge in [0, 0.05) is 24.4 Å². The molecule has 8 heteroatoms. The molecule has 2 aromatic heterocycles. The van der Waals surface area contributed by atoms with Crippen molar-refractivity contribution in [2.45, 2.75) is 38.6 Å². The molecule has 0 bridgehead atoms. The van der Waals surface area contributed by atoms with E-state index in [1.54, 1.807) is 11.4 Å². The average molecular weight is 396 g/mol. The van der Waals surface area contributed by atoms with Gasteiger partial charge in [-0.2, -0.15) is 0 Å². The van der Waals surface area contributed by atoms with Crippen molar-refractivity contribution in [1.29, 1.82) is 0 Å². The number of aromatic nitrogens is 2. The van der Waals surface area contributed by atoms with Gasteiger partial charge in [0.2, 0.25) is 17.7 Å². The smallest absolute Gasteiger partial charge is 0.254 e. The Morgan fingerprint density at radius 1 is 1.18 bits per heavy atom. The van der Waals surface area contributed by atoms with Crippen molar-refractivity contribution >= 4 is 28.2 Å². The maximum atomic E-state index is 12.3. The highest BCUT2D eigenvalue weighted by Gasteiger charge is 2.25. The van der Waals surface area contributed by atoms with Gasteiger partial charge in [0.15, 0.2) is 0 Å². The van der Waals surface area contributed by atoms with Crippen LogP contribution in [-0.4, -0.2) is 28.1 Å². The summed E-state index contributed by atoms with van der Waals surface area (Å²) in [5.41, 5.74) is 2.50. The Balaban J connectivity index is 1.32. The molecule has 0 spiro atoms. The van der Waals surface area contributed by atoms with Crippen LogP contribution in [0.2, 0.25) is 0 Å². The van der Waals surface area contributed by atoms with Crippen LogP contribution >= 0.6 is 11.3 Å². The Hall–Kier alpha value is -3.00. The average Bonchev–Trinajstić information content (AvgIpc) is 3.18. The highest BCUT2D eigenvalue weighted by atomic mass is 32.1. The number of anilines is 1. The van der Waals surface area contributed by atoms with Crippen LogP contribution in [0.25, 0.3) is 11.5 Å². The fourth-order valence-corrected chi connectivity index (χ4v) is 3.45. The lowest BCUT2D eigenvalue weighted by Crippen LogP contribution is -2.26. The van der Waals surface area contributed by atoms with E-state index >= 15 is 0 Å². The third-order valence-electron chi connectivity index (χ3n) is 4.41. The van der Waals surface area contributed by atoms with Crippen LogP contribution in [0.1, 0.15) is 41.1 Å². The highest BCUT2D eigenvalue weighted by molar-refractivity contribution is 7.14. The predicted octanol–water partition coefficient (Wildman–Crippen LogP) is 3.57. The SMILES string of the molecule is Cc1ccc(-c2nnc(CCC(=O)Nc3sccc3C(=O)NC3CC3)o2)cc1. The number of benzene rings is 1. The lowest BCUT2D eigenvalue weighted by atomic mass is 10.1. The molecule has 1 fully saturated rings. The lowest BCUT2D eigenvalue weighted by molar-refractivity contribution is -0.116. The van der Waals surface area contributed by atoms with E-state index in [9.17, 15) is 9.59 Å². The molecule has 2 amide bonds. The van der Waals surface area contributed by atoms with E-state index in [-0.39, 0.29) is 24.3 Å². The van der Waals surface area contributed by atoms with Crippen LogP contribution in [0.5, 0.6) is 0 Å². The third-order valence-corrected chi connectivity index (χ3v) is 5.24. The summed E-state index contributed by atoms with van der Waals surface area (Å²) in [6.45, 7) is 2.01. The second-order valence-electron chi connectivity index (χ2n) is 6.83. The van der Waals surface area contributed by atoms with E-state index in [0.29, 0.717) is 28.8 Å². The first-order valence-electron chi connectivity index (χ1n) is 9.16. The van der Waals surface area contributed by atoms with E-state index in [1.807, 2.05) is 31.2 Å². The Labute approximate surface area is 166 Å². The van der Waals surface area contributed by atoms with Crippen LogP contribution in [0.3, 0.4) is 0 Å². The number of nitrogens with zero attached hydrogens (tertiary/aromatic N) is 2. The maximum Gasteiger partial charge on any atom is 0.254 e. The van der Waals surface area contributed by atoms with Crippen LogP contribution in [0, 0.1) is 6.92 Å². The van der Waals surface area contributed by atoms with E-state index in [0.717, 1.165) is 24.0 Å². The molecular weight excluding hydrogens is 376 g/mol. The first-order valence-corrected chi connectivity index (χ1v) is 10.0. The zero-order chi connectivity index (χ0) is 19.5. The van der Waals surface area contributed by atoms with E-state index in [4.69, 9.17) is 4.42 Å². The molecule has 0 aliphatic heterocycles. The summed E-state index contributed by atoms with van der Waals surface area (Å²) in [5, 5.41) is 16.2. The molecule has 3 aromatic rings. The van der Waals surface area contributed by atoms with Crippen molar-refractivity contribution in [2.75, 3.05) is 5.32 Å². The Kier molecular flexibility index (Phi) is 5.21. The van der Waals surface area contributed by atoms with E-state index < -0.39 is 0 Å². The lowest BCUT2D eigenvalue weighted by Gasteiger charge is -2.06. The minimum absolute atomic E-state index is 0.140. The Bertz CT molecular complexity index is 989. The molecular formula is C20H20N4O3S. The summed E-state index contributed by atoms with van der Waals surface area (Å²) < 4.78 is 5.64. The number of carbonyl (C=O) groups excluding carboxylic acids is 2. The molecule has 2 heterocycles. The molecule has 1 saturated carbocycles. The standard InChI is InChI=1S/C20H20N4O3S/c1-12-2-4-13(5-3-12)19-24-23-17(27-19)9-8-16(25)22-20-15(10-11-28-20)18(26)21-14-6-7-14/h2-5,10-11,14H,6-9H2,1H3,(H,21,26)(H,22,25). The summed E-state index contributed by atoms with van der Waals surface area (Å²) in [4.78, 5) is 24.5. The summed E-state index contributed by atoms with van der Waals surface area (Å²) in [6, 6.07) is 9.80. The number of carbonyl (C=O) groups is 2. The van der Waals surface area contributed by atoms with Gasteiger partial charge in [-0.1, -0.05) is 17.7 Å². The van der Waals surface area contributed by atoms with Crippen LogP contribution in [0.4, 0.5) is 5.00 Å². The molecule has 2 N–H and O–H groups in total. The number of nitrogens with one attached hydrogen (secondary N) is 2. The first-order chi connectivity index (χ1) is 13.6. The van der Waals surface area contributed by atoms with Crippen molar-refractivity contribution in [1.82, 2.24) is 15.5 Å². The Morgan fingerprint density at radius 3 is 2.71 bits per heavy atom. The van der Waals surface area contributed by atoms with Crippen LogP contribution in [0.15, 0.2) is 40.1 Å². The molecule has 28 heavy (non-hydrogen) atoms. The second kappa shape index (κ2) is 7.93. The summed E-state index contributed by atoms with van der Waals surface area (Å²) in [5.74, 6) is 0.507. The third kappa shape index (κ3) is 4.45.